The standard InChI is InChI=1S/C11H10N4O3/c12-10(17)8-1-6(2-14-11(8)18)9-4-13-3-7(5-16)15-9/h1-4,16H,5H2,(H2,12,17)(H,14,18). The molecule has 0 bridgehead atoms. The van der Waals surface area contributed by atoms with E-state index in [2.05, 4.69) is 15.0 Å². The zero-order valence-electron chi connectivity index (χ0n) is 9.25. The van der Waals surface area contributed by atoms with Crippen molar-refractivity contribution < 1.29 is 9.90 Å². The van der Waals surface area contributed by atoms with Crippen LogP contribution in [-0.4, -0.2) is 26.0 Å². The van der Waals surface area contributed by atoms with E-state index < -0.39 is 11.5 Å². The molecular formula is C11H10N4O3. The second-order valence-corrected chi connectivity index (χ2v) is 3.55. The van der Waals surface area contributed by atoms with E-state index in [1.807, 2.05) is 0 Å². The lowest BCUT2D eigenvalue weighted by atomic mass is 10.1. The number of pyridine rings is 1. The molecular weight excluding hydrogens is 236 g/mol. The van der Waals surface area contributed by atoms with Crippen molar-refractivity contribution in [2.45, 2.75) is 6.61 Å². The van der Waals surface area contributed by atoms with E-state index in [1.165, 1.54) is 24.7 Å². The molecule has 4 N–H and O–H groups in total. The van der Waals surface area contributed by atoms with Gasteiger partial charge in [0.2, 0.25) is 0 Å². The summed E-state index contributed by atoms with van der Waals surface area (Å²) in [7, 11) is 0. The first-order valence-corrected chi connectivity index (χ1v) is 5.06. The van der Waals surface area contributed by atoms with Crippen LogP contribution in [-0.2, 0) is 6.61 Å². The van der Waals surface area contributed by atoms with Gasteiger partial charge < -0.3 is 15.8 Å². The summed E-state index contributed by atoms with van der Waals surface area (Å²) < 4.78 is 0. The summed E-state index contributed by atoms with van der Waals surface area (Å²) in [6, 6.07) is 1.34. The van der Waals surface area contributed by atoms with Crippen molar-refractivity contribution in [1.29, 1.82) is 0 Å². The molecule has 92 valence electrons. The number of aliphatic hydroxyl groups is 1. The Morgan fingerprint density at radius 2 is 2.22 bits per heavy atom. The van der Waals surface area contributed by atoms with E-state index in [0.717, 1.165) is 0 Å². The van der Waals surface area contributed by atoms with Gasteiger partial charge in [-0.15, -0.1) is 0 Å². The van der Waals surface area contributed by atoms with Gasteiger partial charge in [0.1, 0.15) is 5.56 Å². The Kier molecular flexibility index (Phi) is 3.16. The molecule has 0 radical (unpaired) electrons. The van der Waals surface area contributed by atoms with Crippen LogP contribution in [0.15, 0.2) is 29.5 Å². The molecule has 0 atom stereocenters. The number of hydrogen-bond donors (Lipinski definition) is 3. The molecule has 0 aromatic carbocycles. The Labute approximate surface area is 101 Å². The normalized spacial score (nSPS) is 10.3. The number of carbonyl (C=O) groups is 1. The minimum Gasteiger partial charge on any atom is -0.390 e. The molecule has 0 fully saturated rings. The maximum atomic E-state index is 11.3. The molecule has 7 nitrogen and oxygen atoms in total. The van der Waals surface area contributed by atoms with Gasteiger partial charge in [0, 0.05) is 11.8 Å². The molecule has 0 aliphatic heterocycles. The Morgan fingerprint density at radius 1 is 1.44 bits per heavy atom. The number of nitrogens with zero attached hydrogens (tertiary/aromatic N) is 2. The first-order chi connectivity index (χ1) is 8.61. The summed E-state index contributed by atoms with van der Waals surface area (Å²) in [5.74, 6) is -0.815. The Balaban J connectivity index is 2.54. The van der Waals surface area contributed by atoms with E-state index in [4.69, 9.17) is 10.8 Å². The van der Waals surface area contributed by atoms with Crippen LogP contribution in [0.1, 0.15) is 16.1 Å². The average Bonchev–Trinajstić information content (AvgIpc) is 2.39. The highest BCUT2D eigenvalue weighted by Crippen LogP contribution is 2.14. The maximum Gasteiger partial charge on any atom is 0.260 e. The number of nitrogens with two attached hydrogens (primary N) is 1. The van der Waals surface area contributed by atoms with Crippen LogP contribution in [0.3, 0.4) is 0 Å². The molecule has 0 spiro atoms. The van der Waals surface area contributed by atoms with Crippen molar-refractivity contribution in [3.8, 4) is 11.3 Å². The summed E-state index contributed by atoms with van der Waals surface area (Å²) in [6.07, 6.45) is 4.28. The number of hydrogen-bond acceptors (Lipinski definition) is 5. The molecule has 2 rings (SSSR count). The molecule has 0 aliphatic rings. The van der Waals surface area contributed by atoms with Crippen molar-refractivity contribution in [1.82, 2.24) is 15.0 Å². The number of nitrogens with one attached hydrogen (secondary N) is 1. The molecule has 2 aromatic heterocycles. The predicted octanol–water partition coefficient (Wildman–Crippen LogP) is -0.577. The Hall–Kier alpha value is -2.54. The van der Waals surface area contributed by atoms with Crippen LogP contribution in [0.5, 0.6) is 0 Å². The molecule has 0 unspecified atom stereocenters. The lowest BCUT2D eigenvalue weighted by Gasteiger charge is -2.03. The summed E-state index contributed by atoms with van der Waals surface area (Å²) in [6.45, 7) is -0.243. The number of rotatable bonds is 3. The van der Waals surface area contributed by atoms with Crippen LogP contribution in [0.2, 0.25) is 0 Å². The highest BCUT2D eigenvalue weighted by atomic mass is 16.3. The molecule has 2 aromatic rings. The van der Waals surface area contributed by atoms with Gasteiger partial charge in [0.05, 0.1) is 30.4 Å². The molecule has 7 heteroatoms. The van der Waals surface area contributed by atoms with Gasteiger partial charge in [-0.25, -0.2) is 4.98 Å². The number of aromatic nitrogens is 3. The lowest BCUT2D eigenvalue weighted by molar-refractivity contribution is 0.0999. The maximum absolute atomic E-state index is 11.3. The van der Waals surface area contributed by atoms with Crippen molar-refractivity contribution in [2.24, 2.45) is 5.73 Å². The second kappa shape index (κ2) is 4.76. The SMILES string of the molecule is NC(=O)c1cc(-c2cncc(CO)n2)c[nH]c1=O. The highest BCUT2D eigenvalue weighted by Gasteiger charge is 2.09. The summed E-state index contributed by atoms with van der Waals surface area (Å²) in [5.41, 5.74) is 5.69. The number of aromatic amines is 1. The summed E-state index contributed by atoms with van der Waals surface area (Å²) in [5, 5.41) is 8.96. The van der Waals surface area contributed by atoms with E-state index in [1.54, 1.807) is 0 Å². The van der Waals surface area contributed by atoms with Crippen LogP contribution < -0.4 is 11.3 Å². The van der Waals surface area contributed by atoms with Gasteiger partial charge in [0.25, 0.3) is 11.5 Å². The Bertz CT molecular complexity index is 651. The van der Waals surface area contributed by atoms with E-state index in [-0.39, 0.29) is 12.2 Å². The number of carbonyl (C=O) groups excluding carboxylic acids is 1. The van der Waals surface area contributed by atoms with Crippen molar-refractivity contribution in [3.63, 3.8) is 0 Å². The topological polar surface area (TPSA) is 122 Å². The predicted molar refractivity (Wildman–Crippen MR) is 62.5 cm³/mol. The van der Waals surface area contributed by atoms with Crippen LogP contribution >= 0.6 is 0 Å². The first kappa shape index (κ1) is 11.9. The molecule has 0 aliphatic carbocycles. The third-order valence-electron chi connectivity index (χ3n) is 2.31. The molecule has 0 saturated heterocycles. The fraction of sp³-hybridized carbons (Fsp3) is 0.0909. The van der Waals surface area contributed by atoms with Crippen LogP contribution in [0.4, 0.5) is 0 Å². The third-order valence-corrected chi connectivity index (χ3v) is 2.31. The number of amides is 1. The van der Waals surface area contributed by atoms with E-state index >= 15 is 0 Å². The lowest BCUT2D eigenvalue weighted by Crippen LogP contribution is -2.23. The van der Waals surface area contributed by atoms with Gasteiger partial charge >= 0.3 is 0 Å². The molecule has 0 saturated carbocycles. The van der Waals surface area contributed by atoms with E-state index in [0.29, 0.717) is 17.0 Å². The second-order valence-electron chi connectivity index (χ2n) is 3.55. The average molecular weight is 246 g/mol. The zero-order chi connectivity index (χ0) is 13.1. The van der Waals surface area contributed by atoms with Crippen molar-refractivity contribution in [3.05, 3.63) is 46.3 Å². The number of primary amides is 1. The van der Waals surface area contributed by atoms with Crippen LogP contribution in [0, 0.1) is 0 Å². The van der Waals surface area contributed by atoms with Gasteiger partial charge in [-0.05, 0) is 6.07 Å². The van der Waals surface area contributed by atoms with E-state index in [9.17, 15) is 9.59 Å². The van der Waals surface area contributed by atoms with Crippen molar-refractivity contribution in [2.75, 3.05) is 0 Å². The van der Waals surface area contributed by atoms with Gasteiger partial charge in [-0.2, -0.15) is 0 Å². The number of H-pyrrole nitrogens is 1. The Morgan fingerprint density at radius 3 is 2.89 bits per heavy atom. The fourth-order valence-corrected chi connectivity index (χ4v) is 1.44. The van der Waals surface area contributed by atoms with Gasteiger partial charge in [-0.1, -0.05) is 0 Å². The zero-order valence-corrected chi connectivity index (χ0v) is 9.25. The third kappa shape index (κ3) is 2.25. The van der Waals surface area contributed by atoms with Gasteiger partial charge in [-0.3, -0.25) is 14.6 Å². The molecule has 1 amide bonds. The summed E-state index contributed by atoms with van der Waals surface area (Å²) >= 11 is 0. The molecule has 18 heavy (non-hydrogen) atoms. The highest BCUT2D eigenvalue weighted by molar-refractivity contribution is 5.93. The van der Waals surface area contributed by atoms with Crippen LogP contribution in [0.25, 0.3) is 11.3 Å². The quantitative estimate of drug-likeness (QED) is 0.669. The minimum atomic E-state index is -0.815. The first-order valence-electron chi connectivity index (χ1n) is 5.06. The fourth-order valence-electron chi connectivity index (χ4n) is 1.44. The molecule has 2 heterocycles. The summed E-state index contributed by atoms with van der Waals surface area (Å²) in [4.78, 5) is 32.8. The smallest absolute Gasteiger partial charge is 0.260 e. The largest absolute Gasteiger partial charge is 0.390 e. The minimum absolute atomic E-state index is 0.149. The van der Waals surface area contributed by atoms with Crippen molar-refractivity contribution >= 4 is 5.91 Å². The van der Waals surface area contributed by atoms with Gasteiger partial charge in [0.15, 0.2) is 0 Å². The number of aliphatic hydroxyl groups excluding tert-OH is 1. The monoisotopic (exact) mass is 246 g/mol.